The molecule has 3 nitrogen and oxygen atoms in total. The van der Waals surface area contributed by atoms with Gasteiger partial charge in [0.2, 0.25) is 0 Å². The molecule has 4 atom stereocenters. The van der Waals surface area contributed by atoms with Crippen molar-refractivity contribution < 1.29 is 4.74 Å². The molecule has 144 valence electrons. The predicted molar refractivity (Wildman–Crippen MR) is 117 cm³/mol. The van der Waals surface area contributed by atoms with Gasteiger partial charge < -0.3 is 15.4 Å². The van der Waals surface area contributed by atoms with E-state index in [0.29, 0.717) is 37.0 Å². The Bertz CT molecular complexity index is 564. The SMILES string of the molecule is CC#CCC(=S)NCC(=S)NC[C@H]1[C@@H](CC=CCCCC)[C@H]2CC[C@@H]1O2. The van der Waals surface area contributed by atoms with Gasteiger partial charge >= 0.3 is 0 Å². The lowest BCUT2D eigenvalue weighted by atomic mass is 9.77. The zero-order chi connectivity index (χ0) is 18.8. The average Bonchev–Trinajstić information content (AvgIpc) is 3.24. The fraction of sp³-hybridized carbons (Fsp3) is 0.714. The summed E-state index contributed by atoms with van der Waals surface area (Å²) in [5.41, 5.74) is 0. The normalized spacial score (nSPS) is 26.5. The van der Waals surface area contributed by atoms with Crippen LogP contribution < -0.4 is 10.6 Å². The number of hydrogen-bond donors (Lipinski definition) is 2. The van der Waals surface area contributed by atoms with Crippen molar-refractivity contribution in [2.24, 2.45) is 11.8 Å². The zero-order valence-electron chi connectivity index (χ0n) is 16.1. The molecule has 0 spiro atoms. The highest BCUT2D eigenvalue weighted by atomic mass is 32.1. The number of thiocarbonyl (C=S) groups is 2. The first-order chi connectivity index (χ1) is 12.7. The van der Waals surface area contributed by atoms with E-state index in [4.69, 9.17) is 29.2 Å². The molecule has 0 amide bonds. The van der Waals surface area contributed by atoms with Gasteiger partial charge in [0, 0.05) is 12.5 Å². The van der Waals surface area contributed by atoms with Crippen molar-refractivity contribution in [1.29, 1.82) is 0 Å². The van der Waals surface area contributed by atoms with E-state index >= 15 is 0 Å². The second-order valence-electron chi connectivity index (χ2n) is 7.15. The molecular formula is C21H32N2OS2. The van der Waals surface area contributed by atoms with Crippen LogP contribution in [0.25, 0.3) is 0 Å². The molecule has 2 fully saturated rings. The highest BCUT2D eigenvalue weighted by molar-refractivity contribution is 7.80. The van der Waals surface area contributed by atoms with E-state index < -0.39 is 0 Å². The van der Waals surface area contributed by atoms with Crippen LogP contribution >= 0.6 is 24.4 Å². The van der Waals surface area contributed by atoms with Gasteiger partial charge in [-0.25, -0.2) is 0 Å². The smallest absolute Gasteiger partial charge is 0.0947 e. The Morgan fingerprint density at radius 3 is 2.62 bits per heavy atom. The number of nitrogens with one attached hydrogen (secondary N) is 2. The van der Waals surface area contributed by atoms with Gasteiger partial charge in [-0.15, -0.1) is 5.92 Å². The molecule has 0 saturated carbocycles. The molecule has 0 radical (unpaired) electrons. The Morgan fingerprint density at radius 1 is 1.12 bits per heavy atom. The molecule has 5 heteroatoms. The number of ether oxygens (including phenoxy) is 1. The lowest BCUT2D eigenvalue weighted by Crippen LogP contribution is -2.41. The van der Waals surface area contributed by atoms with Gasteiger partial charge in [0.05, 0.1) is 35.2 Å². The first-order valence-corrected chi connectivity index (χ1v) is 10.7. The highest BCUT2D eigenvalue weighted by Gasteiger charge is 2.47. The van der Waals surface area contributed by atoms with Crippen LogP contribution in [0.15, 0.2) is 12.2 Å². The first kappa shape index (κ1) is 21.3. The van der Waals surface area contributed by atoms with Crippen molar-refractivity contribution in [3.8, 4) is 11.8 Å². The molecule has 2 heterocycles. The van der Waals surface area contributed by atoms with Crippen molar-refractivity contribution in [2.75, 3.05) is 13.1 Å². The second kappa shape index (κ2) is 11.7. The van der Waals surface area contributed by atoms with Crippen molar-refractivity contribution in [2.45, 2.75) is 71.0 Å². The fourth-order valence-corrected chi connectivity index (χ4v) is 4.18. The predicted octanol–water partition coefficient (Wildman–Crippen LogP) is 4.16. The summed E-state index contributed by atoms with van der Waals surface area (Å²) >= 11 is 10.7. The van der Waals surface area contributed by atoms with Crippen molar-refractivity contribution >= 4 is 34.4 Å². The summed E-state index contributed by atoms with van der Waals surface area (Å²) in [6.07, 6.45) is 13.4. The molecule has 2 rings (SSSR count). The van der Waals surface area contributed by atoms with Gasteiger partial charge in [-0.3, -0.25) is 0 Å². The van der Waals surface area contributed by atoms with Crippen molar-refractivity contribution in [3.63, 3.8) is 0 Å². The molecular weight excluding hydrogens is 360 g/mol. The molecule has 0 unspecified atom stereocenters. The molecule has 26 heavy (non-hydrogen) atoms. The van der Waals surface area contributed by atoms with Crippen LogP contribution in [0.1, 0.15) is 58.8 Å². The van der Waals surface area contributed by atoms with E-state index in [-0.39, 0.29) is 0 Å². The van der Waals surface area contributed by atoms with Crippen LogP contribution in [0.4, 0.5) is 0 Å². The number of rotatable bonds is 10. The van der Waals surface area contributed by atoms with Crippen LogP contribution in [0.2, 0.25) is 0 Å². The van der Waals surface area contributed by atoms with Crippen LogP contribution in [0, 0.1) is 23.7 Å². The summed E-state index contributed by atoms with van der Waals surface area (Å²) in [4.78, 5) is 1.57. The first-order valence-electron chi connectivity index (χ1n) is 9.89. The minimum atomic E-state index is 0.401. The van der Waals surface area contributed by atoms with Gasteiger partial charge in [-0.05, 0) is 38.5 Å². The van der Waals surface area contributed by atoms with Gasteiger partial charge in [-0.2, -0.15) is 0 Å². The summed E-state index contributed by atoms with van der Waals surface area (Å²) in [7, 11) is 0. The summed E-state index contributed by atoms with van der Waals surface area (Å²) in [5, 5.41) is 6.61. The standard InChI is InChI=1S/C21H32N2OS2/c1-3-5-7-8-9-10-16-17(19-13-12-18(16)24-19)14-22-21(26)15-23-20(25)11-6-4-2/h8-9,16-19H,3,5,7,10-15H2,1-2H3,(H,22,26)(H,23,25)/t16-,17+,18-,19+/m1/s1. The summed E-state index contributed by atoms with van der Waals surface area (Å²) in [5.74, 6) is 6.99. The second-order valence-corrected chi connectivity index (χ2v) is 8.14. The third-order valence-electron chi connectivity index (χ3n) is 5.30. The van der Waals surface area contributed by atoms with E-state index in [9.17, 15) is 0 Å². The maximum absolute atomic E-state index is 6.18. The van der Waals surface area contributed by atoms with Crippen molar-refractivity contribution in [1.82, 2.24) is 10.6 Å². The zero-order valence-corrected chi connectivity index (χ0v) is 17.7. The molecule has 2 aliphatic rings. The van der Waals surface area contributed by atoms with E-state index in [2.05, 4.69) is 41.6 Å². The Kier molecular flexibility index (Phi) is 9.60. The van der Waals surface area contributed by atoms with Crippen LogP contribution in [-0.4, -0.2) is 35.3 Å². The van der Waals surface area contributed by atoms with E-state index in [1.807, 2.05) is 6.92 Å². The quantitative estimate of drug-likeness (QED) is 0.252. The average molecular weight is 393 g/mol. The minimum Gasteiger partial charge on any atom is -0.378 e. The lowest BCUT2D eigenvalue weighted by Gasteiger charge is -2.28. The Balaban J connectivity index is 1.73. The fourth-order valence-electron chi connectivity index (χ4n) is 3.88. The van der Waals surface area contributed by atoms with Gasteiger partial charge in [0.1, 0.15) is 0 Å². The largest absolute Gasteiger partial charge is 0.378 e. The van der Waals surface area contributed by atoms with Crippen molar-refractivity contribution in [3.05, 3.63) is 12.2 Å². The molecule has 2 aliphatic heterocycles. The van der Waals surface area contributed by atoms with Crippen LogP contribution in [-0.2, 0) is 4.74 Å². The number of hydrogen-bond acceptors (Lipinski definition) is 3. The number of allylic oxidation sites excluding steroid dienone is 2. The van der Waals surface area contributed by atoms with Crippen LogP contribution in [0.5, 0.6) is 0 Å². The maximum Gasteiger partial charge on any atom is 0.0947 e. The van der Waals surface area contributed by atoms with Gasteiger partial charge in [-0.1, -0.05) is 62.3 Å². The van der Waals surface area contributed by atoms with E-state index in [1.54, 1.807) is 0 Å². The van der Waals surface area contributed by atoms with Crippen LogP contribution in [0.3, 0.4) is 0 Å². The maximum atomic E-state index is 6.18. The molecule has 2 N–H and O–H groups in total. The monoisotopic (exact) mass is 392 g/mol. The lowest BCUT2D eigenvalue weighted by molar-refractivity contribution is 0.0876. The minimum absolute atomic E-state index is 0.401. The highest BCUT2D eigenvalue weighted by Crippen LogP contribution is 2.44. The third kappa shape index (κ3) is 6.64. The molecule has 0 aromatic carbocycles. The molecule has 0 aliphatic carbocycles. The summed E-state index contributed by atoms with van der Waals surface area (Å²) < 4.78 is 6.18. The van der Waals surface area contributed by atoms with Gasteiger partial charge in [0.15, 0.2) is 0 Å². The summed E-state index contributed by atoms with van der Waals surface area (Å²) in [6, 6.07) is 0. The third-order valence-corrected chi connectivity index (χ3v) is 5.87. The molecule has 0 aromatic rings. The molecule has 0 aromatic heterocycles. The summed E-state index contributed by atoms with van der Waals surface area (Å²) in [6.45, 7) is 5.54. The topological polar surface area (TPSA) is 33.3 Å². The Labute approximate surface area is 169 Å². The number of unbranched alkanes of at least 4 members (excludes halogenated alkanes) is 2. The molecule has 2 saturated heterocycles. The van der Waals surface area contributed by atoms with Gasteiger partial charge in [0.25, 0.3) is 0 Å². The Hall–Kier alpha value is -0.960. The molecule has 2 bridgehead atoms. The van der Waals surface area contributed by atoms with E-state index in [1.165, 1.54) is 32.1 Å². The Morgan fingerprint density at radius 2 is 1.88 bits per heavy atom. The van der Waals surface area contributed by atoms with E-state index in [0.717, 1.165) is 22.9 Å². The number of fused-ring (bicyclic) bond motifs is 2.